The zero-order chi connectivity index (χ0) is 30.7. The Balaban J connectivity index is 1.53. The number of ether oxygens (including phenoxy) is 3. The van der Waals surface area contributed by atoms with E-state index in [2.05, 4.69) is 20.6 Å². The molecule has 1 saturated heterocycles. The summed E-state index contributed by atoms with van der Waals surface area (Å²) in [7, 11) is 0. The number of nitrogens with zero attached hydrogens (tertiary/aromatic N) is 4. The third kappa shape index (κ3) is 5.43. The van der Waals surface area contributed by atoms with Crippen molar-refractivity contribution < 1.29 is 28.5 Å². The highest BCUT2D eigenvalue weighted by molar-refractivity contribution is 6.30. The molecule has 11 heteroatoms. The Morgan fingerprint density at radius 3 is 2.42 bits per heavy atom. The molecule has 0 spiro atoms. The fourth-order valence-corrected chi connectivity index (χ4v) is 6.00. The molecule has 4 heterocycles. The molecular weight excluding hydrogens is 575 g/mol. The van der Waals surface area contributed by atoms with Crippen molar-refractivity contribution in [3.05, 3.63) is 64.6 Å². The number of alkyl halides is 1. The van der Waals surface area contributed by atoms with Crippen molar-refractivity contribution in [1.29, 1.82) is 0 Å². The predicted octanol–water partition coefficient (Wildman–Crippen LogP) is 6.58. The van der Waals surface area contributed by atoms with Gasteiger partial charge in [0.25, 0.3) is 0 Å². The van der Waals surface area contributed by atoms with Crippen LogP contribution < -0.4 is 9.64 Å². The van der Waals surface area contributed by atoms with Gasteiger partial charge < -0.3 is 28.8 Å². The van der Waals surface area contributed by atoms with Gasteiger partial charge in [0.2, 0.25) is 5.95 Å². The van der Waals surface area contributed by atoms with E-state index in [-0.39, 0.29) is 19.8 Å². The monoisotopic (exact) mass is 608 g/mol. The molecule has 0 unspecified atom stereocenters. The molecule has 1 N–H and O–H groups in total. The molecular formula is C32H34ClFN4O5. The summed E-state index contributed by atoms with van der Waals surface area (Å²) in [4.78, 5) is 24.1. The molecule has 6 rings (SSSR count). The summed E-state index contributed by atoms with van der Waals surface area (Å²) in [6, 6.07) is 9.52. The van der Waals surface area contributed by atoms with Gasteiger partial charge in [0.1, 0.15) is 6.61 Å². The van der Waals surface area contributed by atoms with Crippen LogP contribution in [0.4, 0.5) is 16.0 Å². The summed E-state index contributed by atoms with van der Waals surface area (Å²) in [5.74, 6) is -0.301. The van der Waals surface area contributed by atoms with Crippen LogP contribution in [0.5, 0.6) is 5.75 Å². The third-order valence-electron chi connectivity index (χ3n) is 7.81. The Labute approximate surface area is 254 Å². The molecule has 226 valence electrons. The molecule has 2 aromatic heterocycles. The van der Waals surface area contributed by atoms with Crippen molar-refractivity contribution in [2.75, 3.05) is 31.3 Å². The molecule has 0 amide bonds. The first-order valence-corrected chi connectivity index (χ1v) is 14.5. The molecule has 0 saturated carbocycles. The van der Waals surface area contributed by atoms with E-state index in [1.54, 1.807) is 12.1 Å². The fraction of sp³-hybridized carbons (Fsp3) is 0.406. The van der Waals surface area contributed by atoms with Crippen molar-refractivity contribution in [2.45, 2.75) is 58.5 Å². The minimum atomic E-state index is -1.49. The maximum Gasteiger partial charge on any atom is 0.337 e. The molecule has 0 radical (unpaired) electrons. The highest BCUT2D eigenvalue weighted by Gasteiger charge is 2.40. The van der Waals surface area contributed by atoms with Crippen LogP contribution in [-0.2, 0) is 20.8 Å². The first kappa shape index (κ1) is 29.3. The van der Waals surface area contributed by atoms with E-state index >= 15 is 0 Å². The molecule has 2 aromatic carbocycles. The van der Waals surface area contributed by atoms with E-state index in [0.29, 0.717) is 35.4 Å². The van der Waals surface area contributed by atoms with Gasteiger partial charge in [0.15, 0.2) is 17.5 Å². The van der Waals surface area contributed by atoms with E-state index in [1.807, 2.05) is 51.7 Å². The topological polar surface area (TPSA) is 98.9 Å². The molecule has 4 aromatic rings. The lowest BCUT2D eigenvalue weighted by molar-refractivity contribution is -0.160. The number of aryl methyl sites for hydroxylation is 1. The molecule has 0 aliphatic carbocycles. The first-order valence-electron chi connectivity index (χ1n) is 14.2. The number of carboxylic acid groups (broad SMARTS) is 1. The Morgan fingerprint density at radius 1 is 1.16 bits per heavy atom. The molecule has 1 fully saturated rings. The molecule has 1 atom stereocenters. The molecule has 2 aliphatic heterocycles. The highest BCUT2D eigenvalue weighted by Crippen LogP contribution is 2.49. The van der Waals surface area contributed by atoms with Crippen molar-refractivity contribution in [1.82, 2.24) is 14.5 Å². The van der Waals surface area contributed by atoms with Crippen molar-refractivity contribution in [3.8, 4) is 16.9 Å². The number of rotatable bonds is 8. The average molecular weight is 609 g/mol. The lowest BCUT2D eigenvalue weighted by Gasteiger charge is -2.35. The Kier molecular flexibility index (Phi) is 7.35. The SMILES string of the molecule is Cc1c([C@H](OC(C)(C)C)C(=O)O)c(-c2ccc(Cl)cc2)c2cc(C)n3c2c1N(c1ncc(OCC2(F)COC2)cn1)CC3. The van der Waals surface area contributed by atoms with Gasteiger partial charge in [-0.3, -0.25) is 0 Å². The number of hydrogen-bond donors (Lipinski definition) is 1. The van der Waals surface area contributed by atoms with Gasteiger partial charge in [-0.25, -0.2) is 19.2 Å². The zero-order valence-corrected chi connectivity index (χ0v) is 25.5. The summed E-state index contributed by atoms with van der Waals surface area (Å²) < 4.78 is 33.4. The number of halogens is 2. The standard InChI is InChI=1S/C32H34ClFN4O5/c1-18-12-23-25(20-6-8-21(33)9-7-20)24(28(29(39)40)43-31(3,4)5)19(2)26-27(23)37(18)10-11-38(26)30-35-13-22(14-36-30)42-17-32(34)15-41-16-32/h6-9,12-14,28H,10-11,15-17H2,1-5H3,(H,39,40)/t28-/m0/s1. The van der Waals surface area contributed by atoms with Gasteiger partial charge in [0, 0.05) is 34.8 Å². The summed E-state index contributed by atoms with van der Waals surface area (Å²) in [6.07, 6.45) is 1.81. The normalized spacial score (nSPS) is 16.7. The lowest BCUT2D eigenvalue weighted by atomic mass is 9.87. The minimum absolute atomic E-state index is 0.0126. The highest BCUT2D eigenvalue weighted by atomic mass is 35.5. The lowest BCUT2D eigenvalue weighted by Crippen LogP contribution is -2.50. The van der Waals surface area contributed by atoms with Gasteiger partial charge in [-0.15, -0.1) is 0 Å². The predicted molar refractivity (Wildman–Crippen MR) is 162 cm³/mol. The van der Waals surface area contributed by atoms with Crippen molar-refractivity contribution in [2.24, 2.45) is 0 Å². The second-order valence-corrected chi connectivity index (χ2v) is 12.7. The summed E-state index contributed by atoms with van der Waals surface area (Å²) in [6.45, 7) is 10.6. The minimum Gasteiger partial charge on any atom is -0.487 e. The van der Waals surface area contributed by atoms with Crippen molar-refractivity contribution >= 4 is 40.1 Å². The smallest absolute Gasteiger partial charge is 0.337 e. The number of carbonyl (C=O) groups is 1. The van der Waals surface area contributed by atoms with E-state index < -0.39 is 23.3 Å². The van der Waals surface area contributed by atoms with Crippen LogP contribution in [0.1, 0.15) is 43.7 Å². The van der Waals surface area contributed by atoms with Gasteiger partial charge in [-0.05, 0) is 69.5 Å². The summed E-state index contributed by atoms with van der Waals surface area (Å²) in [5, 5.41) is 12.0. The largest absolute Gasteiger partial charge is 0.487 e. The average Bonchev–Trinajstić information content (AvgIpc) is 3.28. The third-order valence-corrected chi connectivity index (χ3v) is 8.06. The van der Waals surface area contributed by atoms with Crippen LogP contribution in [-0.4, -0.2) is 63.2 Å². The van der Waals surface area contributed by atoms with Gasteiger partial charge in [-0.2, -0.15) is 0 Å². The summed E-state index contributed by atoms with van der Waals surface area (Å²) >= 11 is 6.25. The zero-order valence-electron chi connectivity index (χ0n) is 24.8. The number of anilines is 2. The van der Waals surface area contributed by atoms with E-state index in [4.69, 9.17) is 25.8 Å². The number of aromatic nitrogens is 3. The van der Waals surface area contributed by atoms with E-state index in [9.17, 15) is 14.3 Å². The second-order valence-electron chi connectivity index (χ2n) is 12.2. The van der Waals surface area contributed by atoms with Crippen LogP contribution in [0.25, 0.3) is 22.0 Å². The van der Waals surface area contributed by atoms with Crippen LogP contribution in [0.2, 0.25) is 5.02 Å². The molecule has 9 nitrogen and oxygen atoms in total. The number of hydrogen-bond acceptors (Lipinski definition) is 7. The van der Waals surface area contributed by atoms with Gasteiger partial charge in [-0.1, -0.05) is 23.7 Å². The van der Waals surface area contributed by atoms with Crippen LogP contribution >= 0.6 is 11.6 Å². The van der Waals surface area contributed by atoms with Crippen LogP contribution in [0.15, 0.2) is 42.7 Å². The van der Waals surface area contributed by atoms with Gasteiger partial charge in [0.05, 0.1) is 42.4 Å². The molecule has 2 aliphatic rings. The number of carboxylic acids is 1. The molecule has 43 heavy (non-hydrogen) atoms. The van der Waals surface area contributed by atoms with E-state index in [0.717, 1.165) is 39.0 Å². The van der Waals surface area contributed by atoms with Gasteiger partial charge >= 0.3 is 5.97 Å². The summed E-state index contributed by atoms with van der Waals surface area (Å²) in [5.41, 5.74) is 3.55. The molecule has 0 bridgehead atoms. The Morgan fingerprint density at radius 2 is 1.84 bits per heavy atom. The maximum atomic E-state index is 14.4. The fourth-order valence-electron chi connectivity index (χ4n) is 5.88. The van der Waals surface area contributed by atoms with Crippen LogP contribution in [0, 0.1) is 13.8 Å². The number of benzene rings is 2. The Bertz CT molecular complexity index is 1690. The Hall–Kier alpha value is -3.73. The first-order chi connectivity index (χ1) is 20.3. The number of aliphatic carboxylic acids is 1. The van der Waals surface area contributed by atoms with E-state index in [1.165, 1.54) is 12.4 Å². The van der Waals surface area contributed by atoms with Crippen molar-refractivity contribution in [3.63, 3.8) is 0 Å². The quantitative estimate of drug-likeness (QED) is 0.240. The van der Waals surface area contributed by atoms with Crippen LogP contribution in [0.3, 0.4) is 0 Å². The maximum absolute atomic E-state index is 14.4. The second kappa shape index (κ2) is 10.8.